The van der Waals surface area contributed by atoms with E-state index in [-0.39, 0.29) is 5.78 Å². The van der Waals surface area contributed by atoms with Crippen LogP contribution in [0, 0.1) is 0 Å². The van der Waals surface area contributed by atoms with Crippen molar-refractivity contribution in [1.29, 1.82) is 0 Å². The van der Waals surface area contributed by atoms with Gasteiger partial charge in [0.25, 0.3) is 0 Å². The van der Waals surface area contributed by atoms with Gasteiger partial charge in [0.1, 0.15) is 5.75 Å². The predicted molar refractivity (Wildman–Crippen MR) is 57.2 cm³/mol. The summed E-state index contributed by atoms with van der Waals surface area (Å²) in [7, 11) is 1.57. The molecule has 1 rings (SSSR count). The minimum Gasteiger partial charge on any atom is -0.497 e. The van der Waals surface area contributed by atoms with Crippen LogP contribution in [0.25, 0.3) is 0 Å². The Balaban J connectivity index is 2.94. The van der Waals surface area contributed by atoms with Crippen LogP contribution in [0.2, 0.25) is 5.02 Å². The van der Waals surface area contributed by atoms with E-state index in [0.717, 1.165) is 6.42 Å². The molecule has 0 aliphatic rings. The summed E-state index contributed by atoms with van der Waals surface area (Å²) >= 11 is 5.94. The van der Waals surface area contributed by atoms with E-state index in [1.807, 2.05) is 6.92 Å². The van der Waals surface area contributed by atoms with Gasteiger partial charge in [-0.05, 0) is 24.6 Å². The van der Waals surface area contributed by atoms with E-state index < -0.39 is 0 Å². The van der Waals surface area contributed by atoms with Gasteiger partial charge in [-0.25, -0.2) is 0 Å². The van der Waals surface area contributed by atoms with Gasteiger partial charge in [0.05, 0.1) is 12.1 Å². The smallest absolute Gasteiger partial charge is 0.164 e. The largest absolute Gasteiger partial charge is 0.497 e. The summed E-state index contributed by atoms with van der Waals surface area (Å²) in [6.45, 7) is 1.97. The molecule has 2 nitrogen and oxygen atoms in total. The Morgan fingerprint density at radius 3 is 2.71 bits per heavy atom. The number of ketones is 1. The molecular formula is C11H13ClO2. The zero-order valence-corrected chi connectivity index (χ0v) is 9.10. The van der Waals surface area contributed by atoms with Crippen molar-refractivity contribution in [3.63, 3.8) is 0 Å². The van der Waals surface area contributed by atoms with Crippen LogP contribution in [0.15, 0.2) is 18.2 Å². The van der Waals surface area contributed by atoms with E-state index in [2.05, 4.69) is 0 Å². The van der Waals surface area contributed by atoms with Crippen molar-refractivity contribution in [3.8, 4) is 5.75 Å². The molecule has 0 fully saturated rings. The summed E-state index contributed by atoms with van der Waals surface area (Å²) in [6, 6.07) is 5.11. The van der Waals surface area contributed by atoms with Crippen molar-refractivity contribution in [2.45, 2.75) is 19.8 Å². The second-order valence-electron chi connectivity index (χ2n) is 3.02. The number of benzene rings is 1. The third kappa shape index (κ3) is 2.48. The summed E-state index contributed by atoms with van der Waals surface area (Å²) in [5.74, 6) is 0.753. The van der Waals surface area contributed by atoms with E-state index in [1.54, 1.807) is 25.3 Å². The van der Waals surface area contributed by atoms with Crippen LogP contribution < -0.4 is 4.74 Å². The first-order chi connectivity index (χ1) is 6.69. The highest BCUT2D eigenvalue weighted by Crippen LogP contribution is 2.23. The molecule has 0 atom stereocenters. The average Bonchev–Trinajstić information content (AvgIpc) is 2.17. The highest BCUT2D eigenvalue weighted by molar-refractivity contribution is 6.34. The maximum atomic E-state index is 11.5. The molecule has 0 bridgehead atoms. The van der Waals surface area contributed by atoms with Gasteiger partial charge in [-0.1, -0.05) is 18.5 Å². The van der Waals surface area contributed by atoms with Crippen molar-refractivity contribution in [2.24, 2.45) is 0 Å². The van der Waals surface area contributed by atoms with E-state index in [9.17, 15) is 4.79 Å². The molecule has 0 radical (unpaired) electrons. The molecule has 1 aromatic carbocycles. The minimum absolute atomic E-state index is 0.0835. The van der Waals surface area contributed by atoms with E-state index in [4.69, 9.17) is 16.3 Å². The van der Waals surface area contributed by atoms with Gasteiger partial charge >= 0.3 is 0 Å². The molecule has 0 aliphatic carbocycles. The molecule has 0 aromatic heterocycles. The monoisotopic (exact) mass is 212 g/mol. The Morgan fingerprint density at radius 2 is 2.21 bits per heavy atom. The molecule has 3 heteroatoms. The Morgan fingerprint density at radius 1 is 1.50 bits per heavy atom. The molecule has 1 aromatic rings. The number of hydrogen-bond acceptors (Lipinski definition) is 2. The number of methoxy groups -OCH3 is 1. The lowest BCUT2D eigenvalue weighted by atomic mass is 10.1. The number of hydrogen-bond donors (Lipinski definition) is 0. The average molecular weight is 213 g/mol. The molecule has 0 saturated heterocycles. The Kier molecular flexibility index (Phi) is 3.96. The SMILES string of the molecule is CCCC(=O)c1ccc(OC)cc1Cl. The standard InChI is InChI=1S/C11H13ClO2/c1-3-4-11(13)9-6-5-8(14-2)7-10(9)12/h5-7H,3-4H2,1-2H3. The molecule has 0 saturated carbocycles. The van der Waals surface area contributed by atoms with Crippen molar-refractivity contribution in [2.75, 3.05) is 7.11 Å². The molecule has 0 heterocycles. The summed E-state index contributed by atoms with van der Waals surface area (Å²) < 4.78 is 4.99. The summed E-state index contributed by atoms with van der Waals surface area (Å²) in [5.41, 5.74) is 0.578. The predicted octanol–water partition coefficient (Wildman–Crippen LogP) is 3.33. The van der Waals surface area contributed by atoms with Gasteiger partial charge in [0.15, 0.2) is 5.78 Å². The number of halogens is 1. The van der Waals surface area contributed by atoms with E-state index >= 15 is 0 Å². The summed E-state index contributed by atoms with van der Waals surface area (Å²) in [6.07, 6.45) is 1.37. The quantitative estimate of drug-likeness (QED) is 0.716. The van der Waals surface area contributed by atoms with Crippen molar-refractivity contribution >= 4 is 17.4 Å². The fourth-order valence-electron chi connectivity index (χ4n) is 1.21. The molecular weight excluding hydrogens is 200 g/mol. The van der Waals surface area contributed by atoms with Crippen LogP contribution in [0.4, 0.5) is 0 Å². The third-order valence-electron chi connectivity index (χ3n) is 1.95. The maximum Gasteiger partial charge on any atom is 0.164 e. The van der Waals surface area contributed by atoms with Gasteiger partial charge in [0, 0.05) is 12.0 Å². The molecule has 0 N–H and O–H groups in total. The van der Waals surface area contributed by atoms with Gasteiger partial charge in [-0.2, -0.15) is 0 Å². The Hall–Kier alpha value is -1.02. The Bertz CT molecular complexity index is 334. The summed E-state index contributed by atoms with van der Waals surface area (Å²) in [5, 5.41) is 0.461. The molecule has 0 spiro atoms. The fraction of sp³-hybridized carbons (Fsp3) is 0.364. The van der Waals surface area contributed by atoms with Crippen molar-refractivity contribution in [1.82, 2.24) is 0 Å². The third-order valence-corrected chi connectivity index (χ3v) is 2.27. The molecule has 14 heavy (non-hydrogen) atoms. The highest BCUT2D eigenvalue weighted by Gasteiger charge is 2.09. The first-order valence-corrected chi connectivity index (χ1v) is 4.93. The number of ether oxygens (including phenoxy) is 1. The molecule has 0 amide bonds. The number of carbonyl (C=O) groups is 1. The zero-order valence-electron chi connectivity index (χ0n) is 8.34. The van der Waals surface area contributed by atoms with E-state index in [1.165, 1.54) is 0 Å². The van der Waals surface area contributed by atoms with Crippen LogP contribution in [0.3, 0.4) is 0 Å². The normalized spacial score (nSPS) is 9.93. The first kappa shape index (κ1) is 11.1. The van der Waals surface area contributed by atoms with E-state index in [0.29, 0.717) is 22.8 Å². The lowest BCUT2D eigenvalue weighted by Crippen LogP contribution is -1.99. The van der Waals surface area contributed by atoms with Crippen molar-refractivity contribution in [3.05, 3.63) is 28.8 Å². The molecule has 0 unspecified atom stereocenters. The van der Waals surface area contributed by atoms with Gasteiger partial charge < -0.3 is 4.74 Å². The maximum absolute atomic E-state index is 11.5. The molecule has 76 valence electrons. The number of carbonyl (C=O) groups excluding carboxylic acids is 1. The van der Waals surface area contributed by atoms with Crippen LogP contribution in [-0.2, 0) is 0 Å². The second kappa shape index (κ2) is 5.01. The van der Waals surface area contributed by atoms with Crippen molar-refractivity contribution < 1.29 is 9.53 Å². The lowest BCUT2D eigenvalue weighted by molar-refractivity contribution is 0.0982. The Labute approximate surface area is 88.8 Å². The topological polar surface area (TPSA) is 26.3 Å². The molecule has 0 aliphatic heterocycles. The van der Waals surface area contributed by atoms with Crippen LogP contribution in [-0.4, -0.2) is 12.9 Å². The zero-order chi connectivity index (χ0) is 10.6. The van der Waals surface area contributed by atoms with Crippen LogP contribution in [0.5, 0.6) is 5.75 Å². The number of rotatable bonds is 4. The van der Waals surface area contributed by atoms with Gasteiger partial charge in [-0.15, -0.1) is 0 Å². The lowest BCUT2D eigenvalue weighted by Gasteiger charge is -2.04. The summed E-state index contributed by atoms with van der Waals surface area (Å²) in [4.78, 5) is 11.5. The van der Waals surface area contributed by atoms with Gasteiger partial charge in [0.2, 0.25) is 0 Å². The van der Waals surface area contributed by atoms with Crippen LogP contribution >= 0.6 is 11.6 Å². The highest BCUT2D eigenvalue weighted by atomic mass is 35.5. The number of Topliss-reactive ketones (excluding diaryl/α,β-unsaturated/α-hetero) is 1. The van der Waals surface area contributed by atoms with Crippen LogP contribution in [0.1, 0.15) is 30.1 Å². The minimum atomic E-state index is 0.0835. The van der Waals surface area contributed by atoms with Gasteiger partial charge in [-0.3, -0.25) is 4.79 Å². The second-order valence-corrected chi connectivity index (χ2v) is 3.43. The first-order valence-electron chi connectivity index (χ1n) is 4.55. The fourth-order valence-corrected chi connectivity index (χ4v) is 1.49.